The van der Waals surface area contributed by atoms with Gasteiger partial charge in [-0.2, -0.15) is 0 Å². The molecule has 5 nitrogen and oxygen atoms in total. The first-order valence-electron chi connectivity index (χ1n) is 7.78. The van der Waals surface area contributed by atoms with Crippen molar-refractivity contribution < 1.29 is 9.52 Å². The topological polar surface area (TPSA) is 69.8 Å². The van der Waals surface area contributed by atoms with E-state index in [0.29, 0.717) is 6.54 Å². The third-order valence-corrected chi connectivity index (χ3v) is 3.44. The van der Waals surface area contributed by atoms with Gasteiger partial charge in [0.25, 0.3) is 0 Å². The number of para-hydroxylation sites is 1. The van der Waals surface area contributed by atoms with Gasteiger partial charge in [0.1, 0.15) is 11.3 Å². The lowest BCUT2D eigenvalue weighted by atomic mass is 10.2. The Balaban J connectivity index is 2.07. The van der Waals surface area contributed by atoms with E-state index in [4.69, 9.17) is 9.52 Å². The summed E-state index contributed by atoms with van der Waals surface area (Å²) in [6.07, 6.45) is 0. The number of furan rings is 1. The first-order valence-corrected chi connectivity index (χ1v) is 7.78. The average Bonchev–Trinajstić information content (AvgIpc) is 2.96. The number of guanidine groups is 1. The summed E-state index contributed by atoms with van der Waals surface area (Å²) >= 11 is 0. The van der Waals surface area contributed by atoms with Gasteiger partial charge < -0.3 is 20.2 Å². The van der Waals surface area contributed by atoms with E-state index in [2.05, 4.69) is 15.6 Å². The lowest BCUT2D eigenvalue weighted by Gasteiger charge is -2.16. The zero-order valence-electron chi connectivity index (χ0n) is 13.5. The molecule has 0 fully saturated rings. The van der Waals surface area contributed by atoms with Gasteiger partial charge in [0.15, 0.2) is 5.96 Å². The first-order chi connectivity index (χ1) is 10.6. The molecule has 22 heavy (non-hydrogen) atoms. The van der Waals surface area contributed by atoms with Gasteiger partial charge >= 0.3 is 0 Å². The fourth-order valence-corrected chi connectivity index (χ4v) is 2.12. The van der Waals surface area contributed by atoms with Crippen LogP contribution >= 0.6 is 0 Å². The summed E-state index contributed by atoms with van der Waals surface area (Å²) in [6.45, 7) is 7.54. The number of aliphatic imine (C=N–C) groups is 1. The van der Waals surface area contributed by atoms with E-state index in [0.717, 1.165) is 29.2 Å². The Morgan fingerprint density at radius 1 is 1.32 bits per heavy atom. The summed E-state index contributed by atoms with van der Waals surface area (Å²) in [7, 11) is 0. The van der Waals surface area contributed by atoms with Crippen LogP contribution in [0, 0.1) is 5.92 Å². The van der Waals surface area contributed by atoms with E-state index < -0.39 is 0 Å². The molecule has 0 aliphatic rings. The predicted octanol–water partition coefficient (Wildman–Crippen LogP) is 2.68. The Bertz CT molecular complexity index is 588. The normalized spacial score (nSPS) is 14.8. The molecule has 2 unspecified atom stereocenters. The number of rotatable bonds is 6. The fraction of sp³-hybridized carbons (Fsp3) is 0.471. The Morgan fingerprint density at radius 3 is 2.77 bits per heavy atom. The Labute approximate surface area is 131 Å². The quantitative estimate of drug-likeness (QED) is 0.567. The zero-order chi connectivity index (χ0) is 15.9. The van der Waals surface area contributed by atoms with E-state index in [-0.39, 0.29) is 18.6 Å². The third-order valence-electron chi connectivity index (χ3n) is 3.44. The van der Waals surface area contributed by atoms with Crippen molar-refractivity contribution in [3.8, 4) is 0 Å². The number of aliphatic hydroxyl groups is 1. The average molecular weight is 303 g/mol. The molecule has 0 saturated carbocycles. The van der Waals surface area contributed by atoms with Crippen molar-refractivity contribution in [2.75, 3.05) is 19.7 Å². The number of nitrogens with one attached hydrogen (secondary N) is 2. The molecule has 1 aromatic carbocycles. The lowest BCUT2D eigenvalue weighted by Crippen LogP contribution is -2.39. The molecule has 0 aliphatic heterocycles. The molecule has 120 valence electrons. The van der Waals surface area contributed by atoms with E-state index in [9.17, 15) is 0 Å². The Hall–Kier alpha value is -2.01. The molecular weight excluding hydrogens is 278 g/mol. The lowest BCUT2D eigenvalue weighted by molar-refractivity contribution is 0.241. The first kappa shape index (κ1) is 16.4. The van der Waals surface area contributed by atoms with Crippen LogP contribution in [0.5, 0.6) is 0 Å². The third kappa shape index (κ3) is 4.24. The van der Waals surface area contributed by atoms with Crippen molar-refractivity contribution in [1.82, 2.24) is 10.6 Å². The molecule has 1 aromatic heterocycles. The molecule has 1 heterocycles. The molecule has 0 amide bonds. The monoisotopic (exact) mass is 303 g/mol. The summed E-state index contributed by atoms with van der Waals surface area (Å²) in [5.74, 6) is 1.76. The summed E-state index contributed by atoms with van der Waals surface area (Å²) in [4.78, 5) is 4.50. The van der Waals surface area contributed by atoms with E-state index in [1.807, 2.05) is 51.1 Å². The number of nitrogens with zero attached hydrogens (tertiary/aromatic N) is 1. The van der Waals surface area contributed by atoms with Gasteiger partial charge in [-0.1, -0.05) is 25.1 Å². The highest BCUT2D eigenvalue weighted by molar-refractivity contribution is 5.81. The standard InChI is InChI=1S/C17H25N3O2/c1-4-18-17(19-10-12(2)11-21)20-13(3)16-9-14-7-5-6-8-15(14)22-16/h5-9,12-13,21H,4,10-11H2,1-3H3,(H2,18,19,20). The number of aliphatic hydroxyl groups excluding tert-OH is 1. The number of hydrogen-bond donors (Lipinski definition) is 3. The number of hydrogen-bond acceptors (Lipinski definition) is 3. The molecular formula is C17H25N3O2. The zero-order valence-corrected chi connectivity index (χ0v) is 13.5. The molecule has 2 rings (SSSR count). The molecule has 0 radical (unpaired) electrons. The maximum Gasteiger partial charge on any atom is 0.191 e. The summed E-state index contributed by atoms with van der Waals surface area (Å²) in [5.41, 5.74) is 0.891. The summed E-state index contributed by atoms with van der Waals surface area (Å²) in [5, 5.41) is 16.7. The van der Waals surface area contributed by atoms with Gasteiger partial charge in [-0.25, -0.2) is 0 Å². The Kier molecular flexibility index (Phi) is 5.83. The molecule has 0 bridgehead atoms. The van der Waals surface area contributed by atoms with Gasteiger partial charge in [-0.3, -0.25) is 4.99 Å². The van der Waals surface area contributed by atoms with E-state index in [1.165, 1.54) is 0 Å². The molecule has 2 aromatic rings. The van der Waals surface area contributed by atoms with Crippen molar-refractivity contribution in [2.45, 2.75) is 26.8 Å². The van der Waals surface area contributed by atoms with Crippen molar-refractivity contribution in [3.63, 3.8) is 0 Å². The van der Waals surface area contributed by atoms with Crippen molar-refractivity contribution >= 4 is 16.9 Å². The van der Waals surface area contributed by atoms with Crippen molar-refractivity contribution in [1.29, 1.82) is 0 Å². The van der Waals surface area contributed by atoms with Crippen LogP contribution in [-0.4, -0.2) is 30.8 Å². The highest BCUT2D eigenvalue weighted by Gasteiger charge is 2.13. The molecule has 3 N–H and O–H groups in total. The largest absolute Gasteiger partial charge is 0.459 e. The minimum atomic E-state index is 0.00892. The van der Waals surface area contributed by atoms with Crippen LogP contribution in [0.4, 0.5) is 0 Å². The van der Waals surface area contributed by atoms with Crippen molar-refractivity contribution in [2.24, 2.45) is 10.9 Å². The summed E-state index contributed by atoms with van der Waals surface area (Å²) < 4.78 is 5.87. The smallest absolute Gasteiger partial charge is 0.191 e. The van der Waals surface area contributed by atoms with Gasteiger partial charge in [-0.15, -0.1) is 0 Å². The van der Waals surface area contributed by atoms with Crippen LogP contribution in [0.2, 0.25) is 0 Å². The predicted molar refractivity (Wildman–Crippen MR) is 90.0 cm³/mol. The second kappa shape index (κ2) is 7.84. The van der Waals surface area contributed by atoms with Crippen molar-refractivity contribution in [3.05, 3.63) is 36.1 Å². The Morgan fingerprint density at radius 2 is 2.09 bits per heavy atom. The fourth-order valence-electron chi connectivity index (χ4n) is 2.12. The van der Waals surface area contributed by atoms with Gasteiger partial charge in [0.05, 0.1) is 6.04 Å². The second-order valence-electron chi connectivity index (χ2n) is 5.56. The maximum atomic E-state index is 9.09. The van der Waals surface area contributed by atoms with Gasteiger partial charge in [0.2, 0.25) is 0 Å². The van der Waals surface area contributed by atoms with Gasteiger partial charge in [0, 0.05) is 25.1 Å². The molecule has 2 atom stereocenters. The SMILES string of the molecule is CCNC(=NCC(C)CO)NC(C)c1cc2ccccc2o1. The van der Waals surface area contributed by atoms with Crippen LogP contribution in [0.25, 0.3) is 11.0 Å². The number of fused-ring (bicyclic) bond motifs is 1. The molecule has 0 saturated heterocycles. The second-order valence-corrected chi connectivity index (χ2v) is 5.56. The number of benzene rings is 1. The molecule has 5 heteroatoms. The highest BCUT2D eigenvalue weighted by Crippen LogP contribution is 2.23. The summed E-state index contributed by atoms with van der Waals surface area (Å²) in [6, 6.07) is 10.0. The van der Waals surface area contributed by atoms with Crippen LogP contribution in [0.3, 0.4) is 0 Å². The minimum Gasteiger partial charge on any atom is -0.459 e. The van der Waals surface area contributed by atoms with Crippen LogP contribution in [-0.2, 0) is 0 Å². The minimum absolute atomic E-state index is 0.00892. The van der Waals surface area contributed by atoms with Crippen LogP contribution < -0.4 is 10.6 Å². The maximum absolute atomic E-state index is 9.09. The van der Waals surface area contributed by atoms with Crippen LogP contribution in [0.15, 0.2) is 39.7 Å². The van der Waals surface area contributed by atoms with E-state index >= 15 is 0 Å². The highest BCUT2D eigenvalue weighted by atomic mass is 16.3. The molecule has 0 aliphatic carbocycles. The van der Waals surface area contributed by atoms with Gasteiger partial charge in [-0.05, 0) is 31.9 Å². The van der Waals surface area contributed by atoms with E-state index in [1.54, 1.807) is 0 Å². The van der Waals surface area contributed by atoms with Crippen LogP contribution in [0.1, 0.15) is 32.6 Å². The molecule has 0 spiro atoms.